The Kier molecular flexibility index (Phi) is 4.90. The minimum Gasteiger partial charge on any atom is -0.480 e. The van der Waals surface area contributed by atoms with Gasteiger partial charge in [0.25, 0.3) is 0 Å². The molecule has 0 aromatic carbocycles. The lowest BCUT2D eigenvalue weighted by molar-refractivity contribution is 0.383. The number of nitrogens with one attached hydrogen (secondary N) is 1. The molecule has 0 aliphatic rings. The lowest BCUT2D eigenvalue weighted by atomic mass is 10.1. The molecule has 1 atom stereocenters. The second-order valence-electron chi connectivity index (χ2n) is 4.05. The fourth-order valence-corrected chi connectivity index (χ4v) is 3.50. The van der Waals surface area contributed by atoms with Crippen LogP contribution in [0.2, 0.25) is 0 Å². The molecular formula is C13H16BrN3OS. The first-order chi connectivity index (χ1) is 9.17. The lowest BCUT2D eigenvalue weighted by Gasteiger charge is -2.17. The molecule has 0 fully saturated rings. The van der Waals surface area contributed by atoms with E-state index in [2.05, 4.69) is 51.1 Å². The average Bonchev–Trinajstić information content (AvgIpc) is 2.76. The summed E-state index contributed by atoms with van der Waals surface area (Å²) in [6, 6.07) is 2.17. The van der Waals surface area contributed by atoms with Crippen LogP contribution in [0.15, 0.2) is 22.2 Å². The van der Waals surface area contributed by atoms with Crippen molar-refractivity contribution in [1.82, 2.24) is 15.3 Å². The van der Waals surface area contributed by atoms with Gasteiger partial charge in [0.15, 0.2) is 0 Å². The molecule has 1 unspecified atom stereocenters. The van der Waals surface area contributed by atoms with Crippen LogP contribution in [0.3, 0.4) is 0 Å². The number of halogens is 1. The Morgan fingerprint density at radius 3 is 2.74 bits per heavy atom. The van der Waals surface area contributed by atoms with Gasteiger partial charge in [-0.2, -0.15) is 0 Å². The summed E-state index contributed by atoms with van der Waals surface area (Å²) in [6.07, 6.45) is 3.33. The molecule has 0 saturated heterocycles. The first-order valence-electron chi connectivity index (χ1n) is 6.01. The van der Waals surface area contributed by atoms with Gasteiger partial charge in [0.1, 0.15) is 5.69 Å². The fraction of sp³-hybridized carbons (Fsp3) is 0.385. The topological polar surface area (TPSA) is 47.0 Å². The number of nitrogens with zero attached hydrogens (tertiary/aromatic N) is 2. The first kappa shape index (κ1) is 14.4. The van der Waals surface area contributed by atoms with E-state index in [0.717, 1.165) is 16.0 Å². The van der Waals surface area contributed by atoms with Crippen LogP contribution in [0.1, 0.15) is 29.1 Å². The maximum Gasteiger partial charge on any atom is 0.237 e. The number of ether oxygens (including phenoxy) is 1. The second kappa shape index (κ2) is 6.45. The zero-order valence-corrected chi connectivity index (χ0v) is 13.5. The molecule has 0 bridgehead atoms. The summed E-state index contributed by atoms with van der Waals surface area (Å²) in [5.41, 5.74) is 2.05. The third kappa shape index (κ3) is 3.13. The molecule has 0 amide bonds. The Balaban J connectivity index is 2.44. The van der Waals surface area contributed by atoms with Gasteiger partial charge in [0.2, 0.25) is 5.88 Å². The lowest BCUT2D eigenvalue weighted by Crippen LogP contribution is -2.23. The van der Waals surface area contributed by atoms with Crippen LogP contribution in [0.5, 0.6) is 5.88 Å². The van der Waals surface area contributed by atoms with Crippen molar-refractivity contribution >= 4 is 27.3 Å². The normalized spacial score (nSPS) is 12.4. The van der Waals surface area contributed by atoms with Gasteiger partial charge in [-0.25, -0.2) is 4.98 Å². The van der Waals surface area contributed by atoms with Gasteiger partial charge in [0.05, 0.1) is 16.9 Å². The maximum absolute atomic E-state index is 5.31. The number of thiophene rings is 1. The number of hydrogen-bond donors (Lipinski definition) is 1. The van der Waals surface area contributed by atoms with E-state index in [1.54, 1.807) is 30.8 Å². The Bertz CT molecular complexity index is 539. The molecule has 0 radical (unpaired) electrons. The van der Waals surface area contributed by atoms with Crippen molar-refractivity contribution in [2.75, 3.05) is 13.7 Å². The van der Waals surface area contributed by atoms with E-state index in [4.69, 9.17) is 4.74 Å². The zero-order valence-electron chi connectivity index (χ0n) is 11.1. The van der Waals surface area contributed by atoms with Gasteiger partial charge in [-0.05, 0) is 41.0 Å². The van der Waals surface area contributed by atoms with Crippen molar-refractivity contribution < 1.29 is 4.74 Å². The highest BCUT2D eigenvalue weighted by Gasteiger charge is 2.22. The largest absolute Gasteiger partial charge is 0.480 e. The summed E-state index contributed by atoms with van der Waals surface area (Å²) in [6.45, 7) is 5.01. The van der Waals surface area contributed by atoms with Crippen LogP contribution >= 0.6 is 27.3 Å². The second-order valence-corrected chi connectivity index (χ2v) is 6.45. The standard InChI is InChI=1S/C13H16BrN3OS/c1-4-15-10(9-7-8(2)12(14)19-9)11-13(18-3)17-6-5-16-11/h5-7,10,15H,4H2,1-3H3. The highest BCUT2D eigenvalue weighted by atomic mass is 79.9. The molecule has 0 saturated carbocycles. The Morgan fingerprint density at radius 1 is 1.42 bits per heavy atom. The van der Waals surface area contributed by atoms with Gasteiger partial charge >= 0.3 is 0 Å². The fourth-order valence-electron chi connectivity index (χ4n) is 1.85. The van der Waals surface area contributed by atoms with Gasteiger partial charge in [-0.1, -0.05) is 6.92 Å². The number of aromatic nitrogens is 2. The molecule has 0 aliphatic heterocycles. The summed E-state index contributed by atoms with van der Waals surface area (Å²) in [5.74, 6) is 0.565. The Labute approximate surface area is 125 Å². The molecule has 19 heavy (non-hydrogen) atoms. The number of methoxy groups -OCH3 is 1. The van der Waals surface area contributed by atoms with Crippen LogP contribution in [0.25, 0.3) is 0 Å². The van der Waals surface area contributed by atoms with E-state index in [0.29, 0.717) is 5.88 Å². The van der Waals surface area contributed by atoms with Gasteiger partial charge in [0, 0.05) is 17.3 Å². The van der Waals surface area contributed by atoms with Gasteiger partial charge in [-0.3, -0.25) is 4.98 Å². The Morgan fingerprint density at radius 2 is 2.16 bits per heavy atom. The molecule has 102 valence electrons. The highest BCUT2D eigenvalue weighted by molar-refractivity contribution is 9.11. The van der Waals surface area contributed by atoms with E-state index in [-0.39, 0.29) is 6.04 Å². The van der Waals surface area contributed by atoms with E-state index >= 15 is 0 Å². The smallest absolute Gasteiger partial charge is 0.237 e. The van der Waals surface area contributed by atoms with Crippen molar-refractivity contribution in [2.45, 2.75) is 19.9 Å². The van der Waals surface area contributed by atoms with E-state index in [9.17, 15) is 0 Å². The molecule has 6 heteroatoms. The number of hydrogen-bond acceptors (Lipinski definition) is 5. The molecule has 2 heterocycles. The molecule has 0 aliphatic carbocycles. The van der Waals surface area contributed by atoms with E-state index in [1.807, 2.05) is 0 Å². The molecule has 0 spiro atoms. The van der Waals surface area contributed by atoms with Crippen molar-refractivity contribution in [2.24, 2.45) is 0 Å². The predicted molar refractivity (Wildman–Crippen MR) is 80.9 cm³/mol. The molecule has 4 nitrogen and oxygen atoms in total. The van der Waals surface area contributed by atoms with E-state index < -0.39 is 0 Å². The number of rotatable bonds is 5. The van der Waals surface area contributed by atoms with Crippen molar-refractivity contribution in [3.05, 3.63) is 38.4 Å². The summed E-state index contributed by atoms with van der Waals surface area (Å²) in [4.78, 5) is 9.85. The Hall–Kier alpha value is -0.980. The van der Waals surface area contributed by atoms with Crippen molar-refractivity contribution in [3.8, 4) is 5.88 Å². The SMILES string of the molecule is CCNC(c1cc(C)c(Br)s1)c1nccnc1OC. The predicted octanol–water partition coefficient (Wildman–Crippen LogP) is 3.32. The average molecular weight is 342 g/mol. The minimum absolute atomic E-state index is 0.00338. The van der Waals surface area contributed by atoms with E-state index in [1.165, 1.54) is 10.4 Å². The van der Waals surface area contributed by atoms with Crippen LogP contribution < -0.4 is 10.1 Å². The summed E-state index contributed by atoms with van der Waals surface area (Å²) < 4.78 is 6.46. The minimum atomic E-state index is 0.00338. The first-order valence-corrected chi connectivity index (χ1v) is 7.62. The monoisotopic (exact) mass is 341 g/mol. The van der Waals surface area contributed by atoms with Crippen LogP contribution in [0.4, 0.5) is 0 Å². The van der Waals surface area contributed by atoms with Crippen LogP contribution in [-0.2, 0) is 0 Å². The summed E-state index contributed by atoms with van der Waals surface area (Å²) in [7, 11) is 1.62. The molecule has 2 aromatic rings. The molecular weight excluding hydrogens is 326 g/mol. The number of aryl methyl sites for hydroxylation is 1. The van der Waals surface area contributed by atoms with Crippen molar-refractivity contribution in [3.63, 3.8) is 0 Å². The zero-order chi connectivity index (χ0) is 13.8. The quantitative estimate of drug-likeness (QED) is 0.906. The third-order valence-electron chi connectivity index (χ3n) is 2.73. The third-order valence-corrected chi connectivity index (χ3v) is 4.93. The molecule has 2 aromatic heterocycles. The van der Waals surface area contributed by atoms with Crippen LogP contribution in [0, 0.1) is 6.92 Å². The summed E-state index contributed by atoms with van der Waals surface area (Å²) in [5, 5.41) is 3.44. The van der Waals surface area contributed by atoms with Crippen LogP contribution in [-0.4, -0.2) is 23.6 Å². The maximum atomic E-state index is 5.31. The van der Waals surface area contributed by atoms with Gasteiger partial charge in [-0.15, -0.1) is 11.3 Å². The highest BCUT2D eigenvalue weighted by Crippen LogP contribution is 2.35. The van der Waals surface area contributed by atoms with Crippen molar-refractivity contribution in [1.29, 1.82) is 0 Å². The molecule has 2 rings (SSSR count). The van der Waals surface area contributed by atoms with Gasteiger partial charge < -0.3 is 10.1 Å². The summed E-state index contributed by atoms with van der Waals surface area (Å²) >= 11 is 5.27. The molecule has 1 N–H and O–H groups in total.